The van der Waals surface area contributed by atoms with Crippen LogP contribution in [0.3, 0.4) is 0 Å². The molecule has 0 aliphatic carbocycles. The van der Waals surface area contributed by atoms with Gasteiger partial charge in [-0.25, -0.2) is 19.0 Å². The number of aromatic nitrogens is 4. The summed E-state index contributed by atoms with van der Waals surface area (Å²) in [5.41, 5.74) is 0.783. The van der Waals surface area contributed by atoms with Crippen molar-refractivity contribution in [1.82, 2.24) is 19.7 Å². The first-order valence-corrected chi connectivity index (χ1v) is 7.75. The summed E-state index contributed by atoms with van der Waals surface area (Å²) in [6.45, 7) is 1.65. The van der Waals surface area contributed by atoms with Crippen LogP contribution in [0, 0.1) is 17.1 Å². The van der Waals surface area contributed by atoms with Crippen molar-refractivity contribution in [3.05, 3.63) is 53.3 Å². The number of amides is 1. The molecular weight excluding hydrogens is 331 g/mol. The fourth-order valence-electron chi connectivity index (χ4n) is 2.10. The number of halogens is 1. The fourth-order valence-corrected chi connectivity index (χ4v) is 2.97. The van der Waals surface area contributed by atoms with Crippen LogP contribution in [0.1, 0.15) is 18.4 Å². The van der Waals surface area contributed by atoms with E-state index in [0.717, 1.165) is 0 Å². The number of carbonyl (C=O) groups excluding carboxylic acids is 1. The SMILES string of the molecule is CC(=O)N(c1nc(Cn2cnc(C#N)n2)cs1)c1ccccc1F. The van der Waals surface area contributed by atoms with E-state index in [1.54, 1.807) is 17.5 Å². The van der Waals surface area contributed by atoms with Gasteiger partial charge >= 0.3 is 0 Å². The summed E-state index contributed by atoms with van der Waals surface area (Å²) in [7, 11) is 0. The molecule has 0 bridgehead atoms. The molecule has 0 aliphatic rings. The molecule has 3 aromatic rings. The third-order valence-corrected chi connectivity index (χ3v) is 3.97. The van der Waals surface area contributed by atoms with Gasteiger partial charge in [0.15, 0.2) is 5.13 Å². The fraction of sp³-hybridized carbons (Fsp3) is 0.133. The largest absolute Gasteiger partial charge is 0.274 e. The first-order valence-electron chi connectivity index (χ1n) is 6.87. The maximum Gasteiger partial charge on any atom is 0.252 e. The highest BCUT2D eigenvalue weighted by Gasteiger charge is 2.21. The molecule has 2 aromatic heterocycles. The molecule has 0 N–H and O–H groups in total. The van der Waals surface area contributed by atoms with Crippen molar-refractivity contribution in [2.45, 2.75) is 13.5 Å². The average Bonchev–Trinajstić information content (AvgIpc) is 3.19. The second kappa shape index (κ2) is 6.55. The zero-order valence-corrected chi connectivity index (χ0v) is 13.4. The number of hydrogen-bond acceptors (Lipinski definition) is 6. The molecule has 0 saturated heterocycles. The number of nitriles is 1. The van der Waals surface area contributed by atoms with E-state index in [9.17, 15) is 9.18 Å². The van der Waals surface area contributed by atoms with Crippen molar-refractivity contribution in [3.63, 3.8) is 0 Å². The van der Waals surface area contributed by atoms with E-state index in [-0.39, 0.29) is 17.4 Å². The van der Waals surface area contributed by atoms with Crippen molar-refractivity contribution in [3.8, 4) is 6.07 Å². The first-order chi connectivity index (χ1) is 11.6. The van der Waals surface area contributed by atoms with Crippen LogP contribution in [0.25, 0.3) is 0 Å². The lowest BCUT2D eigenvalue weighted by Crippen LogP contribution is -2.23. The Hall–Kier alpha value is -3.12. The van der Waals surface area contributed by atoms with E-state index >= 15 is 0 Å². The molecule has 2 heterocycles. The Morgan fingerprint density at radius 3 is 2.92 bits per heavy atom. The highest BCUT2D eigenvalue weighted by Crippen LogP contribution is 2.30. The summed E-state index contributed by atoms with van der Waals surface area (Å²) in [6.07, 6.45) is 1.43. The molecule has 9 heteroatoms. The van der Waals surface area contributed by atoms with Crippen molar-refractivity contribution in [2.75, 3.05) is 4.90 Å². The monoisotopic (exact) mass is 342 g/mol. The van der Waals surface area contributed by atoms with Gasteiger partial charge in [-0.15, -0.1) is 16.4 Å². The van der Waals surface area contributed by atoms with Crippen LogP contribution in [0.2, 0.25) is 0 Å². The van der Waals surface area contributed by atoms with Gasteiger partial charge in [0.05, 0.1) is 17.9 Å². The lowest BCUT2D eigenvalue weighted by atomic mass is 10.3. The van der Waals surface area contributed by atoms with E-state index < -0.39 is 5.82 Å². The Labute approximate surface area is 140 Å². The number of benzene rings is 1. The maximum atomic E-state index is 14.0. The van der Waals surface area contributed by atoms with E-state index in [4.69, 9.17) is 5.26 Å². The molecule has 0 fully saturated rings. The number of para-hydroxylation sites is 1. The second-order valence-corrected chi connectivity index (χ2v) is 5.64. The molecule has 0 aliphatic heterocycles. The molecule has 0 radical (unpaired) electrons. The maximum absolute atomic E-state index is 14.0. The molecule has 120 valence electrons. The van der Waals surface area contributed by atoms with Gasteiger partial charge in [-0.05, 0) is 12.1 Å². The minimum absolute atomic E-state index is 0.0715. The zero-order chi connectivity index (χ0) is 17.1. The summed E-state index contributed by atoms with van der Waals surface area (Å²) in [4.78, 5) is 21.4. The topological polar surface area (TPSA) is 87.7 Å². The Kier molecular flexibility index (Phi) is 4.31. The van der Waals surface area contributed by atoms with Crippen LogP contribution in [0.4, 0.5) is 15.2 Å². The Balaban J connectivity index is 1.88. The van der Waals surface area contributed by atoms with Crippen LogP contribution in [0.5, 0.6) is 0 Å². The summed E-state index contributed by atoms with van der Waals surface area (Å²) in [5, 5.41) is 14.8. The highest BCUT2D eigenvalue weighted by atomic mass is 32.1. The van der Waals surface area contributed by atoms with Crippen LogP contribution in [-0.2, 0) is 11.3 Å². The molecule has 3 rings (SSSR count). The summed E-state index contributed by atoms with van der Waals surface area (Å²) >= 11 is 1.22. The van der Waals surface area contributed by atoms with Gasteiger partial charge < -0.3 is 0 Å². The van der Waals surface area contributed by atoms with Gasteiger partial charge in [0, 0.05) is 12.3 Å². The highest BCUT2D eigenvalue weighted by molar-refractivity contribution is 7.14. The van der Waals surface area contributed by atoms with E-state index in [1.807, 2.05) is 6.07 Å². The van der Waals surface area contributed by atoms with Crippen molar-refractivity contribution < 1.29 is 9.18 Å². The van der Waals surface area contributed by atoms with Crippen molar-refractivity contribution >= 4 is 28.1 Å². The number of thiazole rings is 1. The van der Waals surface area contributed by atoms with Gasteiger partial charge in [0.1, 0.15) is 18.2 Å². The number of nitrogens with zero attached hydrogens (tertiary/aromatic N) is 6. The molecule has 0 unspecified atom stereocenters. The number of carbonyl (C=O) groups is 1. The lowest BCUT2D eigenvalue weighted by Gasteiger charge is -2.18. The Morgan fingerprint density at radius 1 is 1.46 bits per heavy atom. The van der Waals surface area contributed by atoms with E-state index in [0.29, 0.717) is 17.4 Å². The van der Waals surface area contributed by atoms with Gasteiger partial charge in [0.25, 0.3) is 5.82 Å². The molecule has 1 aromatic carbocycles. The third-order valence-electron chi connectivity index (χ3n) is 3.10. The molecule has 0 atom stereocenters. The standard InChI is InChI=1S/C15H11FN6OS/c1-10(23)22(13-5-3-2-4-12(13)16)15-19-11(8-24-15)7-21-9-18-14(6-17)20-21/h2-5,8-9H,7H2,1H3. The number of rotatable bonds is 4. The molecule has 7 nitrogen and oxygen atoms in total. The van der Waals surface area contributed by atoms with E-state index in [1.165, 1.54) is 46.3 Å². The van der Waals surface area contributed by atoms with Crippen molar-refractivity contribution in [2.24, 2.45) is 0 Å². The third kappa shape index (κ3) is 3.13. The first kappa shape index (κ1) is 15.8. The molecule has 0 spiro atoms. The van der Waals surface area contributed by atoms with Gasteiger partial charge in [-0.3, -0.25) is 9.69 Å². The van der Waals surface area contributed by atoms with Crippen molar-refractivity contribution in [1.29, 1.82) is 5.26 Å². The van der Waals surface area contributed by atoms with Gasteiger partial charge in [-0.2, -0.15) is 5.26 Å². The van der Waals surface area contributed by atoms with Gasteiger partial charge in [-0.1, -0.05) is 12.1 Å². The van der Waals surface area contributed by atoms with Crippen LogP contribution in [0.15, 0.2) is 36.0 Å². The summed E-state index contributed by atoms with van der Waals surface area (Å²) < 4.78 is 15.5. The Morgan fingerprint density at radius 2 is 2.25 bits per heavy atom. The summed E-state index contributed by atoms with van der Waals surface area (Å²) in [5.74, 6) is -0.768. The smallest absolute Gasteiger partial charge is 0.252 e. The average molecular weight is 342 g/mol. The predicted octanol–water partition coefficient (Wildman–Crippen LogP) is 2.48. The normalized spacial score (nSPS) is 10.4. The zero-order valence-electron chi connectivity index (χ0n) is 12.5. The molecular formula is C15H11FN6OS. The lowest BCUT2D eigenvalue weighted by molar-refractivity contribution is -0.115. The molecule has 0 saturated carbocycles. The quantitative estimate of drug-likeness (QED) is 0.727. The van der Waals surface area contributed by atoms with Crippen LogP contribution >= 0.6 is 11.3 Å². The van der Waals surface area contributed by atoms with E-state index in [2.05, 4.69) is 15.1 Å². The predicted molar refractivity (Wildman–Crippen MR) is 85.2 cm³/mol. The molecule has 24 heavy (non-hydrogen) atoms. The minimum Gasteiger partial charge on any atom is -0.274 e. The van der Waals surface area contributed by atoms with Gasteiger partial charge in [0.2, 0.25) is 5.91 Å². The second-order valence-electron chi connectivity index (χ2n) is 4.80. The summed E-state index contributed by atoms with van der Waals surface area (Å²) in [6, 6.07) is 7.87. The Bertz CT molecular complexity index is 928. The molecule has 1 amide bonds. The number of anilines is 2. The number of hydrogen-bond donors (Lipinski definition) is 0. The van der Waals surface area contributed by atoms with Crippen LogP contribution < -0.4 is 4.90 Å². The van der Waals surface area contributed by atoms with Crippen LogP contribution in [-0.4, -0.2) is 25.7 Å². The minimum atomic E-state index is -0.501.